The number of hydrogen-bond donors (Lipinski definition) is 0. The number of nitrogens with zero attached hydrogens (tertiary/aromatic N) is 1. The second-order valence-electron chi connectivity index (χ2n) is 3.09. The summed E-state index contributed by atoms with van der Waals surface area (Å²) in [7, 11) is 0. The molecule has 1 aromatic carbocycles. The van der Waals surface area contributed by atoms with E-state index < -0.39 is 0 Å². The smallest absolute Gasteiger partial charge is 0.0907 e. The van der Waals surface area contributed by atoms with Crippen molar-refractivity contribution < 1.29 is 0 Å². The third-order valence-corrected chi connectivity index (χ3v) is 3.29. The summed E-state index contributed by atoms with van der Waals surface area (Å²) in [5, 5.41) is 1.15. The highest BCUT2D eigenvalue weighted by molar-refractivity contribution is 7.18. The minimum atomic E-state index is 1.14. The predicted molar refractivity (Wildman–Crippen MR) is 53.8 cm³/mol. The van der Waals surface area contributed by atoms with Crippen molar-refractivity contribution >= 4 is 21.6 Å². The zero-order valence-electron chi connectivity index (χ0n) is 7.51. The topological polar surface area (TPSA) is 12.9 Å². The molecule has 2 aromatic rings. The van der Waals surface area contributed by atoms with E-state index in [0.717, 1.165) is 10.5 Å². The fourth-order valence-electron chi connectivity index (χ4n) is 1.33. The molecule has 0 saturated heterocycles. The van der Waals surface area contributed by atoms with Crippen LogP contribution in [0.3, 0.4) is 0 Å². The average molecular weight is 177 g/mol. The number of fused-ring (bicyclic) bond motifs is 1. The van der Waals surface area contributed by atoms with Crippen LogP contribution in [-0.2, 0) is 0 Å². The molecule has 2 rings (SSSR count). The van der Waals surface area contributed by atoms with Crippen molar-refractivity contribution in [2.45, 2.75) is 20.8 Å². The van der Waals surface area contributed by atoms with Gasteiger partial charge in [0.25, 0.3) is 0 Å². The molecule has 62 valence electrons. The van der Waals surface area contributed by atoms with Crippen molar-refractivity contribution in [3.63, 3.8) is 0 Å². The lowest BCUT2D eigenvalue weighted by Gasteiger charge is -1.98. The summed E-state index contributed by atoms with van der Waals surface area (Å²) in [6, 6.07) is 4.23. The van der Waals surface area contributed by atoms with Crippen molar-refractivity contribution in [2.75, 3.05) is 0 Å². The number of thiazole rings is 1. The molecule has 0 N–H and O–H groups in total. The lowest BCUT2D eigenvalue weighted by molar-refractivity contribution is 1.33. The summed E-state index contributed by atoms with van der Waals surface area (Å²) in [4.78, 5) is 4.43. The molecule has 0 fully saturated rings. The Bertz CT molecular complexity index is 429. The highest BCUT2D eigenvalue weighted by Gasteiger charge is 2.03. The average Bonchev–Trinajstić information content (AvgIpc) is 2.39. The van der Waals surface area contributed by atoms with Crippen LogP contribution in [0.5, 0.6) is 0 Å². The van der Waals surface area contributed by atoms with Crippen LogP contribution in [0.2, 0.25) is 0 Å². The fraction of sp³-hybridized carbons (Fsp3) is 0.300. The highest BCUT2D eigenvalue weighted by Crippen LogP contribution is 2.26. The van der Waals surface area contributed by atoms with Gasteiger partial charge in [-0.15, -0.1) is 11.3 Å². The second-order valence-corrected chi connectivity index (χ2v) is 4.29. The zero-order chi connectivity index (χ0) is 8.72. The first kappa shape index (κ1) is 7.74. The molecule has 1 aromatic heterocycles. The predicted octanol–water partition coefficient (Wildman–Crippen LogP) is 3.22. The number of aryl methyl sites for hydroxylation is 3. The number of hydrogen-bond acceptors (Lipinski definition) is 2. The third kappa shape index (κ3) is 1.03. The molecule has 0 unspecified atom stereocenters. The Hall–Kier alpha value is -0.890. The summed E-state index contributed by atoms with van der Waals surface area (Å²) in [5.74, 6) is 0. The van der Waals surface area contributed by atoms with Gasteiger partial charge in [0.05, 0.1) is 15.2 Å². The summed E-state index contributed by atoms with van der Waals surface area (Å²) in [6.45, 7) is 6.36. The number of rotatable bonds is 0. The Morgan fingerprint density at radius 1 is 1.17 bits per heavy atom. The second kappa shape index (κ2) is 2.56. The van der Waals surface area contributed by atoms with E-state index in [0.29, 0.717) is 0 Å². The first-order valence-corrected chi connectivity index (χ1v) is 4.83. The van der Waals surface area contributed by atoms with Crippen LogP contribution >= 0.6 is 11.3 Å². The van der Waals surface area contributed by atoms with Gasteiger partial charge < -0.3 is 0 Å². The monoisotopic (exact) mass is 177 g/mol. The molecular formula is C10H11NS. The van der Waals surface area contributed by atoms with Gasteiger partial charge in [-0.3, -0.25) is 0 Å². The van der Waals surface area contributed by atoms with Gasteiger partial charge in [0, 0.05) is 0 Å². The maximum absolute atomic E-state index is 4.43. The van der Waals surface area contributed by atoms with Crippen molar-refractivity contribution in [1.82, 2.24) is 4.98 Å². The fourth-order valence-corrected chi connectivity index (χ4v) is 2.30. The summed E-state index contributed by atoms with van der Waals surface area (Å²) in [5.41, 5.74) is 3.87. The van der Waals surface area contributed by atoms with Gasteiger partial charge in [-0.25, -0.2) is 4.98 Å². The molecule has 12 heavy (non-hydrogen) atoms. The minimum absolute atomic E-state index is 1.14. The molecule has 0 aliphatic rings. The van der Waals surface area contributed by atoms with Crippen molar-refractivity contribution in [3.8, 4) is 0 Å². The maximum atomic E-state index is 4.43. The molecule has 0 amide bonds. The normalized spacial score (nSPS) is 10.9. The first-order chi connectivity index (χ1) is 5.68. The summed E-state index contributed by atoms with van der Waals surface area (Å²) in [6.07, 6.45) is 0. The molecule has 0 atom stereocenters. The van der Waals surface area contributed by atoms with Crippen molar-refractivity contribution in [2.24, 2.45) is 0 Å². The van der Waals surface area contributed by atoms with E-state index in [1.165, 1.54) is 15.8 Å². The van der Waals surface area contributed by atoms with E-state index >= 15 is 0 Å². The largest absolute Gasteiger partial charge is 0.242 e. The van der Waals surface area contributed by atoms with Crippen molar-refractivity contribution in [1.29, 1.82) is 0 Å². The standard InChI is InChI=1S/C10H11NS/c1-6-4-5-9-10(7(6)2)12-8(3)11-9/h4-5H,1-3H3. The Morgan fingerprint density at radius 2 is 1.92 bits per heavy atom. The van der Waals surface area contributed by atoms with Crippen LogP contribution in [0.4, 0.5) is 0 Å². The van der Waals surface area contributed by atoms with E-state index in [2.05, 4.69) is 37.9 Å². The minimum Gasteiger partial charge on any atom is -0.242 e. The van der Waals surface area contributed by atoms with Gasteiger partial charge >= 0.3 is 0 Å². The molecule has 2 heteroatoms. The van der Waals surface area contributed by atoms with Crippen LogP contribution in [0.1, 0.15) is 16.1 Å². The molecule has 1 heterocycles. The Kier molecular flexibility index (Phi) is 1.65. The van der Waals surface area contributed by atoms with E-state index in [-0.39, 0.29) is 0 Å². The van der Waals surface area contributed by atoms with Crippen LogP contribution in [0.15, 0.2) is 12.1 Å². The maximum Gasteiger partial charge on any atom is 0.0907 e. The van der Waals surface area contributed by atoms with Gasteiger partial charge in [0.15, 0.2) is 0 Å². The number of benzene rings is 1. The van der Waals surface area contributed by atoms with Crippen LogP contribution in [0.25, 0.3) is 10.2 Å². The van der Waals surface area contributed by atoms with Gasteiger partial charge in [-0.2, -0.15) is 0 Å². The number of aromatic nitrogens is 1. The highest BCUT2D eigenvalue weighted by atomic mass is 32.1. The first-order valence-electron chi connectivity index (χ1n) is 4.02. The molecule has 0 aliphatic heterocycles. The molecule has 0 saturated carbocycles. The van der Waals surface area contributed by atoms with E-state index in [1.807, 2.05) is 0 Å². The van der Waals surface area contributed by atoms with E-state index in [1.54, 1.807) is 11.3 Å². The summed E-state index contributed by atoms with van der Waals surface area (Å²) >= 11 is 1.78. The van der Waals surface area contributed by atoms with Crippen LogP contribution in [0, 0.1) is 20.8 Å². The van der Waals surface area contributed by atoms with Gasteiger partial charge in [-0.05, 0) is 38.0 Å². The molecule has 0 aliphatic carbocycles. The van der Waals surface area contributed by atoms with E-state index in [4.69, 9.17) is 0 Å². The Balaban J connectivity index is 2.89. The van der Waals surface area contributed by atoms with Crippen molar-refractivity contribution in [3.05, 3.63) is 28.3 Å². The zero-order valence-corrected chi connectivity index (χ0v) is 8.33. The van der Waals surface area contributed by atoms with Gasteiger partial charge in [0.2, 0.25) is 0 Å². The molecular weight excluding hydrogens is 166 g/mol. The summed E-state index contributed by atoms with van der Waals surface area (Å²) < 4.78 is 1.34. The molecule has 0 bridgehead atoms. The SMILES string of the molecule is Cc1nc2ccc(C)c(C)c2s1. The molecule has 0 radical (unpaired) electrons. The van der Waals surface area contributed by atoms with Crippen LogP contribution < -0.4 is 0 Å². The van der Waals surface area contributed by atoms with Crippen LogP contribution in [-0.4, -0.2) is 4.98 Å². The lowest BCUT2D eigenvalue weighted by Crippen LogP contribution is -1.79. The van der Waals surface area contributed by atoms with Gasteiger partial charge in [-0.1, -0.05) is 6.07 Å². The Morgan fingerprint density at radius 3 is 2.67 bits per heavy atom. The molecule has 0 spiro atoms. The molecule has 1 nitrogen and oxygen atoms in total. The lowest BCUT2D eigenvalue weighted by atomic mass is 10.1. The quantitative estimate of drug-likeness (QED) is 0.602. The Labute approximate surface area is 76.1 Å². The third-order valence-electron chi connectivity index (χ3n) is 2.18. The van der Waals surface area contributed by atoms with E-state index in [9.17, 15) is 0 Å². The van der Waals surface area contributed by atoms with Gasteiger partial charge in [0.1, 0.15) is 0 Å².